The first-order chi connectivity index (χ1) is 7.18. The molecule has 1 aromatic carbocycles. The number of halogens is 2. The summed E-state index contributed by atoms with van der Waals surface area (Å²) < 4.78 is 0. The highest BCUT2D eigenvalue weighted by atomic mass is 35.5. The molecule has 1 saturated heterocycles. The van der Waals surface area contributed by atoms with Gasteiger partial charge in [0, 0.05) is 18.8 Å². The fourth-order valence-electron chi connectivity index (χ4n) is 1.84. The molecule has 15 heavy (non-hydrogen) atoms. The van der Waals surface area contributed by atoms with E-state index in [9.17, 15) is 4.79 Å². The van der Waals surface area contributed by atoms with E-state index < -0.39 is 5.24 Å². The van der Waals surface area contributed by atoms with Crippen LogP contribution in [0.2, 0.25) is 5.02 Å². The topological polar surface area (TPSA) is 20.3 Å². The molecule has 0 N–H and O–H groups in total. The molecule has 4 heteroatoms. The standard InChI is InChI=1S/C11H11Cl2NO/c12-10-7-8(14-5-1-2-6-14)3-4-9(10)11(13)15/h3-4,7H,1-2,5-6H2. The summed E-state index contributed by atoms with van der Waals surface area (Å²) in [6, 6.07) is 5.39. The molecule has 0 bridgehead atoms. The van der Waals surface area contributed by atoms with Crippen LogP contribution in [0.3, 0.4) is 0 Å². The van der Waals surface area contributed by atoms with Crippen LogP contribution in [0.4, 0.5) is 5.69 Å². The summed E-state index contributed by atoms with van der Waals surface area (Å²) in [7, 11) is 0. The number of carbonyl (C=O) groups is 1. The van der Waals surface area contributed by atoms with Crippen LogP contribution in [0.1, 0.15) is 23.2 Å². The summed E-state index contributed by atoms with van der Waals surface area (Å²) in [6.07, 6.45) is 2.43. The molecule has 1 aliphatic rings. The van der Waals surface area contributed by atoms with Gasteiger partial charge in [-0.25, -0.2) is 0 Å². The van der Waals surface area contributed by atoms with Gasteiger partial charge in [-0.15, -0.1) is 0 Å². The zero-order valence-corrected chi connectivity index (χ0v) is 9.68. The van der Waals surface area contributed by atoms with Gasteiger partial charge in [-0.2, -0.15) is 0 Å². The van der Waals surface area contributed by atoms with E-state index in [0.29, 0.717) is 10.6 Å². The summed E-state index contributed by atoms with van der Waals surface area (Å²) in [5, 5.41) is -0.0765. The minimum Gasteiger partial charge on any atom is -0.371 e. The van der Waals surface area contributed by atoms with Crippen LogP contribution in [0.25, 0.3) is 0 Å². The maximum Gasteiger partial charge on any atom is 0.253 e. The molecule has 0 aliphatic carbocycles. The normalized spacial score (nSPS) is 15.7. The molecule has 80 valence electrons. The zero-order valence-electron chi connectivity index (χ0n) is 8.17. The largest absolute Gasteiger partial charge is 0.371 e. The predicted molar refractivity (Wildman–Crippen MR) is 63.1 cm³/mol. The lowest BCUT2D eigenvalue weighted by Gasteiger charge is -2.18. The van der Waals surface area contributed by atoms with Crippen molar-refractivity contribution in [3.8, 4) is 0 Å². The van der Waals surface area contributed by atoms with Gasteiger partial charge in [0.2, 0.25) is 0 Å². The quantitative estimate of drug-likeness (QED) is 0.744. The molecule has 0 aromatic heterocycles. The Kier molecular flexibility index (Phi) is 3.17. The van der Waals surface area contributed by atoms with Gasteiger partial charge in [0.15, 0.2) is 0 Å². The highest BCUT2D eigenvalue weighted by Gasteiger charge is 2.14. The van der Waals surface area contributed by atoms with Crippen molar-refractivity contribution < 1.29 is 4.79 Å². The van der Waals surface area contributed by atoms with Crippen molar-refractivity contribution >= 4 is 34.1 Å². The minimum absolute atomic E-state index is 0.376. The molecule has 0 atom stereocenters. The molecule has 1 heterocycles. The lowest BCUT2D eigenvalue weighted by Crippen LogP contribution is -2.17. The first-order valence-corrected chi connectivity index (χ1v) is 5.68. The van der Waals surface area contributed by atoms with E-state index in [-0.39, 0.29) is 0 Å². The Morgan fingerprint density at radius 1 is 1.27 bits per heavy atom. The van der Waals surface area contributed by atoms with Crippen molar-refractivity contribution in [3.05, 3.63) is 28.8 Å². The number of hydrogen-bond donors (Lipinski definition) is 0. The van der Waals surface area contributed by atoms with Gasteiger partial charge >= 0.3 is 0 Å². The van der Waals surface area contributed by atoms with Crippen LogP contribution in [0.5, 0.6) is 0 Å². The van der Waals surface area contributed by atoms with Gasteiger partial charge in [-0.3, -0.25) is 4.79 Å². The van der Waals surface area contributed by atoms with E-state index in [1.54, 1.807) is 6.07 Å². The molecule has 0 amide bonds. The number of nitrogens with zero attached hydrogens (tertiary/aromatic N) is 1. The van der Waals surface area contributed by atoms with Crippen molar-refractivity contribution in [1.29, 1.82) is 0 Å². The third-order valence-corrected chi connectivity index (χ3v) is 3.15. The third kappa shape index (κ3) is 2.27. The second-order valence-corrected chi connectivity index (χ2v) is 4.38. The highest BCUT2D eigenvalue weighted by molar-refractivity contribution is 6.68. The zero-order chi connectivity index (χ0) is 10.8. The Balaban J connectivity index is 2.28. The first kappa shape index (κ1) is 10.8. The molecule has 1 aliphatic heterocycles. The Morgan fingerprint density at radius 3 is 2.47 bits per heavy atom. The lowest BCUT2D eigenvalue weighted by atomic mass is 10.2. The fraction of sp³-hybridized carbons (Fsp3) is 0.364. The van der Waals surface area contributed by atoms with E-state index in [1.165, 1.54) is 12.8 Å². The van der Waals surface area contributed by atoms with E-state index in [1.807, 2.05) is 12.1 Å². The Morgan fingerprint density at radius 2 is 1.93 bits per heavy atom. The van der Waals surface area contributed by atoms with Gasteiger partial charge in [0.25, 0.3) is 5.24 Å². The van der Waals surface area contributed by atoms with Gasteiger partial charge < -0.3 is 4.90 Å². The van der Waals surface area contributed by atoms with Crippen molar-refractivity contribution in [3.63, 3.8) is 0 Å². The summed E-state index contributed by atoms with van der Waals surface area (Å²) in [5.41, 5.74) is 1.44. The van der Waals surface area contributed by atoms with Crippen molar-refractivity contribution in [2.75, 3.05) is 18.0 Å². The molecule has 2 rings (SSSR count). The molecule has 1 fully saturated rings. The molecule has 0 spiro atoms. The van der Waals surface area contributed by atoms with E-state index in [2.05, 4.69) is 4.90 Å². The Labute approximate surface area is 98.8 Å². The Bertz CT molecular complexity index is 386. The van der Waals surface area contributed by atoms with Crippen LogP contribution in [-0.4, -0.2) is 18.3 Å². The van der Waals surface area contributed by atoms with Crippen LogP contribution < -0.4 is 4.90 Å². The van der Waals surface area contributed by atoms with Crippen LogP contribution >= 0.6 is 23.2 Å². The maximum atomic E-state index is 11.0. The molecule has 0 saturated carbocycles. The summed E-state index contributed by atoms with van der Waals surface area (Å²) in [4.78, 5) is 13.2. The van der Waals surface area contributed by atoms with E-state index in [4.69, 9.17) is 23.2 Å². The number of benzene rings is 1. The van der Waals surface area contributed by atoms with Gasteiger partial charge in [-0.05, 0) is 42.6 Å². The van der Waals surface area contributed by atoms with Crippen molar-refractivity contribution in [2.45, 2.75) is 12.8 Å². The second-order valence-electron chi connectivity index (χ2n) is 3.63. The maximum absolute atomic E-state index is 11.0. The van der Waals surface area contributed by atoms with Gasteiger partial charge in [0.05, 0.1) is 10.6 Å². The van der Waals surface area contributed by atoms with Gasteiger partial charge in [0.1, 0.15) is 0 Å². The number of rotatable bonds is 2. The Hall–Kier alpha value is -0.730. The van der Waals surface area contributed by atoms with E-state index >= 15 is 0 Å². The minimum atomic E-state index is -0.507. The molecule has 1 aromatic rings. The lowest BCUT2D eigenvalue weighted by molar-refractivity contribution is 0.108. The first-order valence-electron chi connectivity index (χ1n) is 4.93. The van der Waals surface area contributed by atoms with E-state index in [0.717, 1.165) is 18.8 Å². The summed E-state index contributed by atoms with van der Waals surface area (Å²) >= 11 is 11.4. The van der Waals surface area contributed by atoms with Gasteiger partial charge in [-0.1, -0.05) is 11.6 Å². The van der Waals surface area contributed by atoms with Crippen molar-refractivity contribution in [1.82, 2.24) is 0 Å². The second kappa shape index (κ2) is 4.42. The molecular weight excluding hydrogens is 233 g/mol. The predicted octanol–water partition coefficient (Wildman–Crippen LogP) is 3.32. The highest BCUT2D eigenvalue weighted by Crippen LogP contribution is 2.27. The van der Waals surface area contributed by atoms with Crippen molar-refractivity contribution in [2.24, 2.45) is 0 Å². The van der Waals surface area contributed by atoms with Crippen LogP contribution in [-0.2, 0) is 0 Å². The summed E-state index contributed by atoms with van der Waals surface area (Å²) in [6.45, 7) is 2.12. The van der Waals surface area contributed by atoms with Crippen LogP contribution in [0.15, 0.2) is 18.2 Å². The average molecular weight is 244 g/mol. The molecule has 0 radical (unpaired) electrons. The molecular formula is C11H11Cl2NO. The van der Waals surface area contributed by atoms with Crippen LogP contribution in [0, 0.1) is 0 Å². The fourth-order valence-corrected chi connectivity index (χ4v) is 2.31. The molecule has 2 nitrogen and oxygen atoms in total. The number of carbonyl (C=O) groups excluding carboxylic acids is 1. The monoisotopic (exact) mass is 243 g/mol. The third-order valence-electron chi connectivity index (χ3n) is 2.64. The smallest absolute Gasteiger partial charge is 0.253 e. The molecule has 0 unspecified atom stereocenters. The summed E-state index contributed by atoms with van der Waals surface area (Å²) in [5.74, 6) is 0. The SMILES string of the molecule is O=C(Cl)c1ccc(N2CCCC2)cc1Cl. The number of anilines is 1. The number of hydrogen-bond acceptors (Lipinski definition) is 2. The average Bonchev–Trinajstić information content (AvgIpc) is 2.69.